The Morgan fingerprint density at radius 1 is 1.19 bits per heavy atom. The number of rotatable bonds is 3. The summed E-state index contributed by atoms with van der Waals surface area (Å²) in [6.07, 6.45) is 2.04. The molecule has 0 radical (unpaired) electrons. The van der Waals surface area contributed by atoms with E-state index in [1.165, 1.54) is 6.20 Å². The highest BCUT2D eigenvalue weighted by Crippen LogP contribution is 2.23. The van der Waals surface area contributed by atoms with Gasteiger partial charge in [0.25, 0.3) is 11.5 Å². The molecular weight excluding hydrogens is 342 g/mol. The molecule has 7 nitrogen and oxygen atoms in total. The van der Waals surface area contributed by atoms with E-state index in [-0.39, 0.29) is 22.9 Å². The second-order valence-electron chi connectivity index (χ2n) is 7.02. The van der Waals surface area contributed by atoms with Crippen LogP contribution < -0.4 is 5.56 Å². The van der Waals surface area contributed by atoms with Crippen molar-refractivity contribution in [2.24, 2.45) is 0 Å². The number of amides is 1. The highest BCUT2D eigenvalue weighted by molar-refractivity contribution is 5.93. The van der Waals surface area contributed by atoms with Gasteiger partial charge in [0, 0.05) is 30.6 Å². The first-order chi connectivity index (χ1) is 13.0. The van der Waals surface area contributed by atoms with Gasteiger partial charge in [-0.25, -0.2) is 9.97 Å². The van der Waals surface area contributed by atoms with Gasteiger partial charge in [-0.15, -0.1) is 0 Å². The number of nitrogens with one attached hydrogen (secondary N) is 2. The van der Waals surface area contributed by atoms with Crippen molar-refractivity contribution in [3.63, 3.8) is 0 Å². The number of hydrogen-bond donors (Lipinski definition) is 2. The van der Waals surface area contributed by atoms with Crippen LogP contribution in [0, 0.1) is 0 Å². The second kappa shape index (κ2) is 6.83. The molecule has 1 aliphatic rings. The number of carbonyl (C=O) groups excluding carboxylic acids is 1. The highest BCUT2D eigenvalue weighted by atomic mass is 16.2. The van der Waals surface area contributed by atoms with E-state index in [4.69, 9.17) is 0 Å². The second-order valence-corrected chi connectivity index (χ2v) is 7.02. The first kappa shape index (κ1) is 17.2. The average Bonchev–Trinajstić information content (AvgIpc) is 3.11. The summed E-state index contributed by atoms with van der Waals surface area (Å²) >= 11 is 0. The zero-order valence-electron chi connectivity index (χ0n) is 15.3. The number of benzene rings is 1. The number of nitrogens with zero attached hydrogens (tertiary/aromatic N) is 3. The number of aromatic nitrogens is 4. The van der Waals surface area contributed by atoms with Gasteiger partial charge in [0.15, 0.2) is 0 Å². The van der Waals surface area contributed by atoms with Gasteiger partial charge in [-0.2, -0.15) is 0 Å². The molecule has 0 aliphatic carbocycles. The molecule has 0 unspecified atom stereocenters. The number of aromatic amines is 2. The minimum Gasteiger partial charge on any atom is -0.340 e. The number of fused-ring (bicyclic) bond motifs is 1. The van der Waals surface area contributed by atoms with Gasteiger partial charge < -0.3 is 14.9 Å². The zero-order chi connectivity index (χ0) is 19.0. The Balaban J connectivity index is 1.57. The van der Waals surface area contributed by atoms with Crippen molar-refractivity contribution in [2.75, 3.05) is 6.54 Å². The summed E-state index contributed by atoms with van der Waals surface area (Å²) in [5, 5.41) is 0. The first-order valence-corrected chi connectivity index (χ1v) is 9.04. The van der Waals surface area contributed by atoms with E-state index in [1.807, 2.05) is 44.2 Å². The Labute approximate surface area is 156 Å². The smallest absolute Gasteiger partial charge is 0.263 e. The summed E-state index contributed by atoms with van der Waals surface area (Å²) < 4.78 is 0. The molecule has 0 spiro atoms. The van der Waals surface area contributed by atoms with Crippen molar-refractivity contribution in [2.45, 2.75) is 32.7 Å². The highest BCUT2D eigenvalue weighted by Gasteiger charge is 2.26. The van der Waals surface area contributed by atoms with Crippen LogP contribution in [0.4, 0.5) is 0 Å². The number of imidazole rings is 1. The van der Waals surface area contributed by atoms with Crippen LogP contribution in [0.1, 0.15) is 47.3 Å². The van der Waals surface area contributed by atoms with Crippen LogP contribution in [-0.2, 0) is 13.0 Å². The van der Waals surface area contributed by atoms with E-state index >= 15 is 0 Å². The van der Waals surface area contributed by atoms with Crippen molar-refractivity contribution in [3.8, 4) is 11.4 Å². The van der Waals surface area contributed by atoms with Gasteiger partial charge in [0.1, 0.15) is 17.2 Å². The van der Waals surface area contributed by atoms with Gasteiger partial charge in [0.05, 0.1) is 17.9 Å². The monoisotopic (exact) mass is 363 g/mol. The molecule has 1 aromatic carbocycles. The van der Waals surface area contributed by atoms with Crippen molar-refractivity contribution in [3.05, 3.63) is 69.7 Å². The van der Waals surface area contributed by atoms with Crippen LogP contribution >= 0.6 is 0 Å². The molecule has 1 amide bonds. The molecule has 0 bridgehead atoms. The van der Waals surface area contributed by atoms with Gasteiger partial charge in [-0.05, 0) is 0 Å². The van der Waals surface area contributed by atoms with Crippen LogP contribution in [0.15, 0.2) is 41.3 Å². The topological polar surface area (TPSA) is 94.7 Å². The molecule has 0 saturated heterocycles. The van der Waals surface area contributed by atoms with Gasteiger partial charge in [-0.3, -0.25) is 9.59 Å². The molecule has 1 aliphatic heterocycles. The van der Waals surface area contributed by atoms with Crippen molar-refractivity contribution in [1.29, 1.82) is 0 Å². The molecule has 0 saturated carbocycles. The van der Waals surface area contributed by atoms with Gasteiger partial charge in [-0.1, -0.05) is 44.2 Å². The summed E-state index contributed by atoms with van der Waals surface area (Å²) in [7, 11) is 0. The van der Waals surface area contributed by atoms with Crippen molar-refractivity contribution >= 4 is 5.91 Å². The molecule has 2 aromatic heterocycles. The van der Waals surface area contributed by atoms with E-state index in [9.17, 15) is 9.59 Å². The van der Waals surface area contributed by atoms with Crippen LogP contribution in [0.2, 0.25) is 0 Å². The van der Waals surface area contributed by atoms with Crippen LogP contribution in [-0.4, -0.2) is 37.3 Å². The molecule has 27 heavy (non-hydrogen) atoms. The maximum Gasteiger partial charge on any atom is 0.263 e. The average molecular weight is 363 g/mol. The lowest BCUT2D eigenvalue weighted by Gasteiger charge is -2.25. The Morgan fingerprint density at radius 3 is 2.67 bits per heavy atom. The van der Waals surface area contributed by atoms with Gasteiger partial charge >= 0.3 is 0 Å². The van der Waals surface area contributed by atoms with E-state index in [0.717, 1.165) is 22.8 Å². The number of carbonyl (C=O) groups is 1. The summed E-state index contributed by atoms with van der Waals surface area (Å²) in [6, 6.07) is 9.88. The fourth-order valence-corrected chi connectivity index (χ4v) is 3.22. The maximum atomic E-state index is 12.8. The Bertz CT molecular complexity index is 1040. The van der Waals surface area contributed by atoms with E-state index in [1.54, 1.807) is 4.90 Å². The standard InChI is InChI=1S/C20H21N5O2/c1-12(2)17-21-10-14(19(26)24-17)20(27)25-9-8-15-16(11-25)23-18(22-15)13-6-4-3-5-7-13/h3-7,10,12H,8-9,11H2,1-2H3,(H,22,23)(H,21,24,26). The molecule has 3 aromatic rings. The molecule has 7 heteroatoms. The molecular formula is C20H21N5O2. The zero-order valence-corrected chi connectivity index (χ0v) is 15.3. The fraction of sp³-hybridized carbons (Fsp3) is 0.300. The normalized spacial score (nSPS) is 13.7. The lowest BCUT2D eigenvalue weighted by Crippen LogP contribution is -2.39. The summed E-state index contributed by atoms with van der Waals surface area (Å²) in [5.41, 5.74) is 2.58. The lowest BCUT2D eigenvalue weighted by molar-refractivity contribution is 0.0729. The third kappa shape index (κ3) is 3.28. The van der Waals surface area contributed by atoms with Crippen LogP contribution in [0.25, 0.3) is 11.4 Å². The molecule has 2 N–H and O–H groups in total. The number of H-pyrrole nitrogens is 2. The third-order valence-corrected chi connectivity index (χ3v) is 4.76. The summed E-state index contributed by atoms with van der Waals surface area (Å²) in [4.78, 5) is 41.7. The van der Waals surface area contributed by atoms with Gasteiger partial charge in [0.2, 0.25) is 0 Å². The summed E-state index contributed by atoms with van der Waals surface area (Å²) in [5.74, 6) is 1.18. The van der Waals surface area contributed by atoms with E-state index in [2.05, 4.69) is 19.9 Å². The van der Waals surface area contributed by atoms with E-state index in [0.29, 0.717) is 25.3 Å². The molecule has 138 valence electrons. The SMILES string of the molecule is CC(C)c1ncc(C(=O)N2CCc3nc(-c4ccccc4)[nH]c3C2)c(=O)[nH]1. The fourth-order valence-electron chi connectivity index (χ4n) is 3.22. The van der Waals surface area contributed by atoms with Crippen molar-refractivity contribution < 1.29 is 4.79 Å². The first-order valence-electron chi connectivity index (χ1n) is 9.04. The predicted octanol–water partition coefficient (Wildman–Crippen LogP) is 2.48. The van der Waals surface area contributed by atoms with Crippen LogP contribution in [0.5, 0.6) is 0 Å². The molecule has 0 fully saturated rings. The van der Waals surface area contributed by atoms with E-state index < -0.39 is 0 Å². The molecule has 4 rings (SSSR count). The Hall–Kier alpha value is -3.22. The third-order valence-electron chi connectivity index (χ3n) is 4.76. The lowest BCUT2D eigenvalue weighted by atomic mass is 10.1. The maximum absolute atomic E-state index is 12.8. The quantitative estimate of drug-likeness (QED) is 0.747. The van der Waals surface area contributed by atoms with Crippen molar-refractivity contribution in [1.82, 2.24) is 24.8 Å². The minimum absolute atomic E-state index is 0.0747. The largest absolute Gasteiger partial charge is 0.340 e. The Kier molecular flexibility index (Phi) is 4.35. The molecule has 3 heterocycles. The number of hydrogen-bond acceptors (Lipinski definition) is 4. The predicted molar refractivity (Wildman–Crippen MR) is 101 cm³/mol. The molecule has 0 atom stereocenters. The minimum atomic E-state index is -0.390. The Morgan fingerprint density at radius 2 is 1.96 bits per heavy atom. The van der Waals surface area contributed by atoms with Crippen LogP contribution in [0.3, 0.4) is 0 Å². The summed E-state index contributed by atoms with van der Waals surface area (Å²) in [6.45, 7) is 4.80.